The van der Waals surface area contributed by atoms with Gasteiger partial charge in [-0.3, -0.25) is 4.79 Å². The SMILES string of the molecule is O=C(c1ccc(Cl)c(C2CC2)c1Cl)c1ccc(Cl)c(C2CC2)c1Cl. The summed E-state index contributed by atoms with van der Waals surface area (Å²) in [6.45, 7) is 0. The third kappa shape index (κ3) is 2.86. The lowest BCUT2D eigenvalue weighted by Gasteiger charge is -2.13. The Morgan fingerprint density at radius 1 is 0.708 bits per heavy atom. The van der Waals surface area contributed by atoms with E-state index in [1.807, 2.05) is 0 Å². The zero-order chi connectivity index (χ0) is 17.0. The summed E-state index contributed by atoms with van der Waals surface area (Å²) in [6.07, 6.45) is 4.24. The molecule has 0 unspecified atom stereocenters. The molecule has 5 heteroatoms. The molecule has 2 aliphatic rings. The van der Waals surface area contributed by atoms with Crippen LogP contribution in [0.2, 0.25) is 20.1 Å². The molecule has 0 aromatic heterocycles. The molecule has 0 N–H and O–H groups in total. The van der Waals surface area contributed by atoms with Gasteiger partial charge in [-0.2, -0.15) is 0 Å². The first-order chi connectivity index (χ1) is 11.5. The van der Waals surface area contributed by atoms with E-state index in [0.717, 1.165) is 36.8 Å². The van der Waals surface area contributed by atoms with Crippen LogP contribution in [0.1, 0.15) is 64.6 Å². The summed E-state index contributed by atoms with van der Waals surface area (Å²) >= 11 is 25.6. The molecule has 0 aliphatic heterocycles. The van der Waals surface area contributed by atoms with Gasteiger partial charge in [0.15, 0.2) is 5.78 Å². The summed E-state index contributed by atoms with van der Waals surface area (Å²) in [6, 6.07) is 6.86. The van der Waals surface area contributed by atoms with Crippen LogP contribution >= 0.6 is 46.4 Å². The largest absolute Gasteiger partial charge is 0.288 e. The molecule has 2 fully saturated rings. The standard InChI is InChI=1S/C19H14Cl4O/c20-13-7-5-11(17(22)15(13)9-1-2-9)19(24)12-6-8-14(21)16(18(12)23)10-3-4-10/h5-10H,1-4H2. The van der Waals surface area contributed by atoms with Gasteiger partial charge >= 0.3 is 0 Å². The Hall–Kier alpha value is -0.730. The maximum Gasteiger partial charge on any atom is 0.196 e. The highest BCUT2D eigenvalue weighted by atomic mass is 35.5. The van der Waals surface area contributed by atoms with Gasteiger partial charge in [0.25, 0.3) is 0 Å². The summed E-state index contributed by atoms with van der Waals surface area (Å²) in [5.74, 6) is 0.545. The van der Waals surface area contributed by atoms with Crippen molar-refractivity contribution >= 4 is 52.2 Å². The van der Waals surface area contributed by atoms with Crippen molar-refractivity contribution in [3.63, 3.8) is 0 Å². The molecule has 0 atom stereocenters. The Morgan fingerprint density at radius 3 is 1.42 bits per heavy atom. The smallest absolute Gasteiger partial charge is 0.196 e. The third-order valence-corrected chi connectivity index (χ3v) is 6.19. The van der Waals surface area contributed by atoms with Gasteiger partial charge in [0.05, 0.1) is 10.0 Å². The number of ketones is 1. The van der Waals surface area contributed by atoms with Crippen LogP contribution in [0.15, 0.2) is 24.3 Å². The second-order valence-electron chi connectivity index (χ2n) is 6.52. The number of carbonyl (C=O) groups excluding carboxylic acids is 1. The molecule has 4 rings (SSSR count). The fourth-order valence-corrected chi connectivity index (χ4v) is 4.66. The van der Waals surface area contributed by atoms with Crippen LogP contribution in [0.5, 0.6) is 0 Å². The molecule has 2 aromatic carbocycles. The first kappa shape index (κ1) is 16.7. The van der Waals surface area contributed by atoms with E-state index in [1.165, 1.54) is 0 Å². The highest BCUT2D eigenvalue weighted by molar-refractivity contribution is 6.41. The van der Waals surface area contributed by atoms with Crippen LogP contribution in [0, 0.1) is 0 Å². The van der Waals surface area contributed by atoms with Crippen molar-refractivity contribution in [3.8, 4) is 0 Å². The Bertz CT molecular complexity index is 781. The van der Waals surface area contributed by atoms with Crippen LogP contribution in [0.4, 0.5) is 0 Å². The van der Waals surface area contributed by atoms with E-state index in [9.17, 15) is 4.79 Å². The fourth-order valence-electron chi connectivity index (χ4n) is 3.13. The predicted molar refractivity (Wildman–Crippen MR) is 100 cm³/mol. The van der Waals surface area contributed by atoms with Gasteiger partial charge in [-0.05, 0) is 72.9 Å². The van der Waals surface area contributed by atoms with E-state index in [-0.39, 0.29) is 5.78 Å². The lowest BCUT2D eigenvalue weighted by atomic mass is 9.97. The maximum atomic E-state index is 13.0. The minimum atomic E-state index is -0.179. The first-order valence-corrected chi connectivity index (χ1v) is 9.50. The van der Waals surface area contributed by atoms with Crippen molar-refractivity contribution in [1.82, 2.24) is 0 Å². The van der Waals surface area contributed by atoms with Crippen molar-refractivity contribution in [2.24, 2.45) is 0 Å². The lowest BCUT2D eigenvalue weighted by Crippen LogP contribution is -2.06. The number of hydrogen-bond donors (Lipinski definition) is 0. The topological polar surface area (TPSA) is 17.1 Å². The molecule has 2 saturated carbocycles. The molecule has 0 spiro atoms. The molecule has 0 amide bonds. The molecule has 0 saturated heterocycles. The zero-order valence-corrected chi connectivity index (χ0v) is 15.7. The first-order valence-electron chi connectivity index (χ1n) is 7.99. The second kappa shape index (κ2) is 6.21. The van der Waals surface area contributed by atoms with Crippen molar-refractivity contribution in [2.75, 3.05) is 0 Å². The predicted octanol–water partition coefficient (Wildman–Crippen LogP) is 7.29. The molecule has 2 aromatic rings. The number of carbonyl (C=O) groups is 1. The van der Waals surface area contributed by atoms with Gasteiger partial charge in [0.2, 0.25) is 0 Å². The highest BCUT2D eigenvalue weighted by Crippen LogP contribution is 2.49. The average molecular weight is 400 g/mol. The number of halogens is 4. The lowest BCUT2D eigenvalue weighted by molar-refractivity contribution is 0.103. The summed E-state index contributed by atoms with van der Waals surface area (Å²) in [4.78, 5) is 13.0. The molecule has 2 aliphatic carbocycles. The Kier molecular flexibility index (Phi) is 4.33. The van der Waals surface area contributed by atoms with Crippen molar-refractivity contribution in [1.29, 1.82) is 0 Å². The number of benzene rings is 2. The zero-order valence-electron chi connectivity index (χ0n) is 12.7. The molecule has 0 radical (unpaired) electrons. The molecule has 124 valence electrons. The van der Waals surface area contributed by atoms with Gasteiger partial charge in [-0.25, -0.2) is 0 Å². The van der Waals surface area contributed by atoms with Crippen molar-refractivity contribution in [3.05, 3.63) is 66.6 Å². The van der Waals surface area contributed by atoms with Crippen LogP contribution in [-0.2, 0) is 0 Å². The fraction of sp³-hybridized carbons (Fsp3) is 0.316. The molecule has 1 nitrogen and oxygen atoms in total. The van der Waals surface area contributed by atoms with E-state index in [4.69, 9.17) is 46.4 Å². The van der Waals surface area contributed by atoms with E-state index in [1.54, 1.807) is 24.3 Å². The highest BCUT2D eigenvalue weighted by Gasteiger charge is 2.33. The van der Waals surface area contributed by atoms with Crippen LogP contribution in [0.25, 0.3) is 0 Å². The average Bonchev–Trinajstić information content (AvgIpc) is 3.41. The van der Waals surface area contributed by atoms with Gasteiger partial charge in [-0.15, -0.1) is 0 Å². The van der Waals surface area contributed by atoms with E-state index < -0.39 is 0 Å². The summed E-state index contributed by atoms with van der Waals surface area (Å²) in [5.41, 5.74) is 2.68. The summed E-state index contributed by atoms with van der Waals surface area (Å²) < 4.78 is 0. The summed E-state index contributed by atoms with van der Waals surface area (Å²) in [7, 11) is 0. The molecule has 0 heterocycles. The van der Waals surface area contributed by atoms with E-state index >= 15 is 0 Å². The number of hydrogen-bond acceptors (Lipinski definition) is 1. The monoisotopic (exact) mass is 398 g/mol. The third-order valence-electron chi connectivity index (χ3n) is 4.71. The minimum absolute atomic E-state index is 0.179. The summed E-state index contributed by atoms with van der Waals surface area (Å²) in [5, 5.41) is 2.16. The Balaban J connectivity index is 1.80. The molecular formula is C19H14Cl4O. The van der Waals surface area contributed by atoms with Crippen LogP contribution < -0.4 is 0 Å². The van der Waals surface area contributed by atoms with E-state index in [0.29, 0.717) is 43.1 Å². The van der Waals surface area contributed by atoms with E-state index in [2.05, 4.69) is 0 Å². The Morgan fingerprint density at radius 2 is 1.08 bits per heavy atom. The molecule has 24 heavy (non-hydrogen) atoms. The normalized spacial score (nSPS) is 17.2. The quantitative estimate of drug-likeness (QED) is 0.493. The van der Waals surface area contributed by atoms with Crippen molar-refractivity contribution in [2.45, 2.75) is 37.5 Å². The molecule has 0 bridgehead atoms. The molecular weight excluding hydrogens is 386 g/mol. The van der Waals surface area contributed by atoms with Crippen molar-refractivity contribution < 1.29 is 4.79 Å². The minimum Gasteiger partial charge on any atom is -0.288 e. The van der Waals surface area contributed by atoms with Gasteiger partial charge in [-0.1, -0.05) is 46.4 Å². The Labute approximate surface area is 160 Å². The van der Waals surface area contributed by atoms with Gasteiger partial charge in [0, 0.05) is 21.2 Å². The van der Waals surface area contributed by atoms with Crippen LogP contribution in [0.3, 0.4) is 0 Å². The van der Waals surface area contributed by atoms with Gasteiger partial charge < -0.3 is 0 Å². The second-order valence-corrected chi connectivity index (χ2v) is 8.09. The van der Waals surface area contributed by atoms with Crippen LogP contribution in [-0.4, -0.2) is 5.78 Å². The number of rotatable bonds is 4. The van der Waals surface area contributed by atoms with Gasteiger partial charge in [0.1, 0.15) is 0 Å². The maximum absolute atomic E-state index is 13.0.